The number of rotatable bonds is 3. The largest absolute Gasteiger partial charge is 0.369 e. The van der Waals surface area contributed by atoms with Crippen LogP contribution in [0.4, 0.5) is 0 Å². The van der Waals surface area contributed by atoms with Gasteiger partial charge in [-0.3, -0.25) is 9.59 Å². The molecule has 0 radical (unpaired) electrons. The third-order valence-electron chi connectivity index (χ3n) is 4.00. The van der Waals surface area contributed by atoms with Gasteiger partial charge in [-0.2, -0.15) is 0 Å². The van der Waals surface area contributed by atoms with Gasteiger partial charge in [-0.05, 0) is 23.8 Å². The molecule has 0 bridgehead atoms. The van der Waals surface area contributed by atoms with Gasteiger partial charge in [0.05, 0.1) is 23.1 Å². The molecule has 1 amide bonds. The zero-order valence-electron chi connectivity index (χ0n) is 12.7. The highest BCUT2D eigenvalue weighted by Crippen LogP contribution is 2.28. The summed E-state index contributed by atoms with van der Waals surface area (Å²) in [5.74, 6) is -0.460. The van der Waals surface area contributed by atoms with Crippen LogP contribution in [-0.4, -0.2) is 20.9 Å². The number of aromatic amines is 2. The van der Waals surface area contributed by atoms with Gasteiger partial charge in [-0.15, -0.1) is 0 Å². The second-order valence-electron chi connectivity index (χ2n) is 5.60. The molecule has 0 saturated carbocycles. The first kappa shape index (κ1) is 14.2. The highest BCUT2D eigenvalue weighted by molar-refractivity contribution is 5.94. The topological polar surface area (TPSA) is 105 Å². The average molecular weight is 318 g/mol. The fourth-order valence-electron chi connectivity index (χ4n) is 2.96. The first-order chi connectivity index (χ1) is 11.6. The Morgan fingerprint density at radius 1 is 1.00 bits per heavy atom. The molecule has 2 aromatic heterocycles. The van der Waals surface area contributed by atoms with Crippen molar-refractivity contribution in [1.82, 2.24) is 15.0 Å². The van der Waals surface area contributed by atoms with Crippen molar-refractivity contribution in [3.05, 3.63) is 64.4 Å². The minimum Gasteiger partial charge on any atom is -0.369 e. The van der Waals surface area contributed by atoms with E-state index in [1.165, 1.54) is 0 Å². The van der Waals surface area contributed by atoms with E-state index in [0.29, 0.717) is 22.3 Å². The Kier molecular flexibility index (Phi) is 3.16. The van der Waals surface area contributed by atoms with E-state index in [0.717, 1.165) is 10.9 Å². The van der Waals surface area contributed by atoms with Gasteiger partial charge in [0.15, 0.2) is 5.69 Å². The van der Waals surface area contributed by atoms with Gasteiger partial charge in [-0.25, -0.2) is 4.98 Å². The minimum atomic E-state index is -0.460. The van der Waals surface area contributed by atoms with Crippen molar-refractivity contribution in [2.24, 2.45) is 5.73 Å². The molecule has 6 heteroatoms. The summed E-state index contributed by atoms with van der Waals surface area (Å²) in [6, 6.07) is 14.8. The summed E-state index contributed by atoms with van der Waals surface area (Å²) in [6.07, 6.45) is 0.0350. The molecular weight excluding hydrogens is 304 g/mol. The standard InChI is InChI=1S/C18H14N4O2/c19-15(23)9-11-10-5-1-2-6-12(10)20-16(11)17-18(24)22-14-8-4-3-7-13(14)21-17/h1-8,20H,9H2,(H2,19,23)(H,22,24). The van der Waals surface area contributed by atoms with Crippen molar-refractivity contribution in [3.63, 3.8) is 0 Å². The highest BCUT2D eigenvalue weighted by atomic mass is 16.1. The number of primary amides is 1. The Bertz CT molecular complexity index is 1140. The number of carbonyl (C=O) groups is 1. The highest BCUT2D eigenvalue weighted by Gasteiger charge is 2.18. The van der Waals surface area contributed by atoms with Crippen LogP contribution in [0.25, 0.3) is 33.3 Å². The first-order valence-electron chi connectivity index (χ1n) is 7.51. The van der Waals surface area contributed by atoms with Crippen LogP contribution in [0.15, 0.2) is 53.3 Å². The summed E-state index contributed by atoms with van der Waals surface area (Å²) in [7, 11) is 0. The van der Waals surface area contributed by atoms with Crippen molar-refractivity contribution >= 4 is 27.8 Å². The summed E-state index contributed by atoms with van der Waals surface area (Å²) in [6.45, 7) is 0. The van der Waals surface area contributed by atoms with E-state index in [2.05, 4.69) is 15.0 Å². The lowest BCUT2D eigenvalue weighted by atomic mass is 10.1. The van der Waals surface area contributed by atoms with Crippen LogP contribution in [0, 0.1) is 0 Å². The average Bonchev–Trinajstić information content (AvgIpc) is 2.92. The second kappa shape index (κ2) is 5.34. The number of aromatic nitrogens is 3. The van der Waals surface area contributed by atoms with E-state index in [1.54, 1.807) is 6.07 Å². The van der Waals surface area contributed by atoms with Gasteiger partial charge in [0.2, 0.25) is 5.91 Å². The molecule has 0 spiro atoms. The molecule has 6 nitrogen and oxygen atoms in total. The van der Waals surface area contributed by atoms with Crippen LogP contribution in [0.3, 0.4) is 0 Å². The third kappa shape index (κ3) is 2.25. The van der Waals surface area contributed by atoms with Crippen LogP contribution < -0.4 is 11.3 Å². The molecule has 0 atom stereocenters. The predicted molar refractivity (Wildman–Crippen MR) is 92.6 cm³/mol. The van der Waals surface area contributed by atoms with Crippen molar-refractivity contribution in [2.75, 3.05) is 0 Å². The summed E-state index contributed by atoms with van der Waals surface area (Å²) in [5.41, 5.74) is 8.72. The molecule has 0 saturated heterocycles. The number of carbonyl (C=O) groups excluding carboxylic acids is 1. The van der Waals surface area contributed by atoms with Crippen molar-refractivity contribution in [1.29, 1.82) is 0 Å². The Balaban J connectivity index is 2.04. The zero-order valence-corrected chi connectivity index (χ0v) is 12.7. The zero-order chi connectivity index (χ0) is 16.7. The Labute approximate surface area is 136 Å². The van der Waals surface area contributed by atoms with Crippen LogP contribution in [0.2, 0.25) is 0 Å². The predicted octanol–water partition coefficient (Wildman–Crippen LogP) is 2.10. The number of nitrogens with zero attached hydrogens (tertiary/aromatic N) is 1. The molecule has 2 heterocycles. The molecular formula is C18H14N4O2. The molecule has 0 aliphatic heterocycles. The number of amides is 1. The lowest BCUT2D eigenvalue weighted by Crippen LogP contribution is -2.16. The van der Waals surface area contributed by atoms with Crippen LogP contribution in [0.5, 0.6) is 0 Å². The number of nitrogens with two attached hydrogens (primary N) is 1. The number of para-hydroxylation sites is 3. The van der Waals surface area contributed by atoms with Crippen molar-refractivity contribution < 1.29 is 4.79 Å². The second-order valence-corrected chi connectivity index (χ2v) is 5.60. The minimum absolute atomic E-state index is 0.0350. The van der Waals surface area contributed by atoms with E-state index in [4.69, 9.17) is 5.73 Å². The van der Waals surface area contributed by atoms with E-state index in [1.807, 2.05) is 42.5 Å². The molecule has 0 unspecified atom stereocenters. The lowest BCUT2D eigenvalue weighted by Gasteiger charge is -2.04. The van der Waals surface area contributed by atoms with Gasteiger partial charge in [0, 0.05) is 10.9 Å². The van der Waals surface area contributed by atoms with Crippen LogP contribution in [0.1, 0.15) is 5.56 Å². The smallest absolute Gasteiger partial charge is 0.276 e. The summed E-state index contributed by atoms with van der Waals surface area (Å²) < 4.78 is 0. The first-order valence-corrected chi connectivity index (χ1v) is 7.51. The van der Waals surface area contributed by atoms with Gasteiger partial charge >= 0.3 is 0 Å². The van der Waals surface area contributed by atoms with Gasteiger partial charge in [0.25, 0.3) is 5.56 Å². The molecule has 2 aromatic carbocycles. The molecule has 4 rings (SSSR count). The molecule has 24 heavy (non-hydrogen) atoms. The lowest BCUT2D eigenvalue weighted by molar-refractivity contribution is -0.117. The molecule has 0 aliphatic carbocycles. The number of H-pyrrole nitrogens is 2. The van der Waals surface area contributed by atoms with Gasteiger partial charge in [0.1, 0.15) is 0 Å². The summed E-state index contributed by atoms with van der Waals surface area (Å²) in [4.78, 5) is 34.5. The molecule has 4 aromatic rings. The van der Waals surface area contributed by atoms with E-state index >= 15 is 0 Å². The quantitative estimate of drug-likeness (QED) is 0.538. The van der Waals surface area contributed by atoms with Crippen molar-refractivity contribution in [3.8, 4) is 11.4 Å². The normalized spacial score (nSPS) is 11.2. The molecule has 4 N–H and O–H groups in total. The monoisotopic (exact) mass is 318 g/mol. The van der Waals surface area contributed by atoms with Gasteiger partial charge < -0.3 is 15.7 Å². The van der Waals surface area contributed by atoms with E-state index < -0.39 is 5.91 Å². The number of hydrogen-bond acceptors (Lipinski definition) is 3. The maximum Gasteiger partial charge on any atom is 0.276 e. The number of fused-ring (bicyclic) bond motifs is 2. The summed E-state index contributed by atoms with van der Waals surface area (Å²) >= 11 is 0. The SMILES string of the molecule is NC(=O)Cc1c(-c2nc3ccccc3[nH]c2=O)[nH]c2ccccc12. The molecule has 0 aliphatic rings. The Morgan fingerprint density at radius 2 is 1.71 bits per heavy atom. The van der Waals surface area contributed by atoms with E-state index in [9.17, 15) is 9.59 Å². The summed E-state index contributed by atoms with van der Waals surface area (Å²) in [5, 5.41) is 0.862. The fraction of sp³-hybridized carbons (Fsp3) is 0.0556. The van der Waals surface area contributed by atoms with E-state index in [-0.39, 0.29) is 17.7 Å². The van der Waals surface area contributed by atoms with Gasteiger partial charge in [-0.1, -0.05) is 30.3 Å². The maximum absolute atomic E-state index is 12.5. The molecule has 118 valence electrons. The number of benzene rings is 2. The number of hydrogen-bond donors (Lipinski definition) is 3. The Hall–Kier alpha value is -3.41. The third-order valence-corrected chi connectivity index (χ3v) is 4.00. The van der Waals surface area contributed by atoms with Crippen molar-refractivity contribution in [2.45, 2.75) is 6.42 Å². The fourth-order valence-corrected chi connectivity index (χ4v) is 2.96. The number of nitrogens with one attached hydrogen (secondary N) is 2. The van der Waals surface area contributed by atoms with Crippen LogP contribution >= 0.6 is 0 Å². The Morgan fingerprint density at radius 3 is 2.50 bits per heavy atom. The molecule has 0 fully saturated rings. The maximum atomic E-state index is 12.5. The van der Waals surface area contributed by atoms with Crippen LogP contribution in [-0.2, 0) is 11.2 Å².